The molecule has 18 heavy (non-hydrogen) atoms. The molecule has 0 amide bonds. The maximum atomic E-state index is 6.11. The van der Waals surface area contributed by atoms with Gasteiger partial charge in [0.15, 0.2) is 0 Å². The number of nitrogens with two attached hydrogens (primary N) is 1. The lowest BCUT2D eigenvalue weighted by molar-refractivity contribution is 0.126. The third-order valence-electron chi connectivity index (χ3n) is 3.12. The Morgan fingerprint density at radius 3 is 2.50 bits per heavy atom. The van der Waals surface area contributed by atoms with Crippen LogP contribution in [0.1, 0.15) is 33.4 Å². The molecule has 0 bridgehead atoms. The Morgan fingerprint density at radius 2 is 2.06 bits per heavy atom. The van der Waals surface area contributed by atoms with Gasteiger partial charge in [0.25, 0.3) is 0 Å². The minimum absolute atomic E-state index is 0.243. The highest BCUT2D eigenvalue weighted by molar-refractivity contribution is 5.65. The van der Waals surface area contributed by atoms with E-state index in [0.29, 0.717) is 12.5 Å². The second-order valence-corrected chi connectivity index (χ2v) is 4.84. The molecule has 1 heterocycles. The molecule has 1 aromatic heterocycles. The van der Waals surface area contributed by atoms with Gasteiger partial charge in [-0.05, 0) is 19.3 Å². The van der Waals surface area contributed by atoms with Crippen molar-refractivity contribution in [3.63, 3.8) is 0 Å². The van der Waals surface area contributed by atoms with E-state index in [-0.39, 0.29) is 6.04 Å². The van der Waals surface area contributed by atoms with E-state index in [2.05, 4.69) is 31.2 Å². The van der Waals surface area contributed by atoms with Crippen LogP contribution in [0.25, 0.3) is 0 Å². The molecule has 0 radical (unpaired) electrons. The van der Waals surface area contributed by atoms with E-state index < -0.39 is 0 Å². The van der Waals surface area contributed by atoms with Crippen LogP contribution in [0.4, 0.5) is 11.5 Å². The summed E-state index contributed by atoms with van der Waals surface area (Å²) in [6.45, 7) is 9.81. The minimum Gasteiger partial charge on any atom is -0.394 e. The summed E-state index contributed by atoms with van der Waals surface area (Å²) in [5, 5.41) is 7.86. The minimum atomic E-state index is 0.243. The summed E-state index contributed by atoms with van der Waals surface area (Å²) in [5.74, 6) is 1.36. The zero-order valence-electron chi connectivity index (χ0n) is 12.2. The Kier molecular flexibility index (Phi) is 5.47. The van der Waals surface area contributed by atoms with Crippen molar-refractivity contribution in [2.75, 3.05) is 24.3 Å². The van der Waals surface area contributed by atoms with E-state index in [1.165, 1.54) is 0 Å². The van der Waals surface area contributed by atoms with Gasteiger partial charge in [-0.2, -0.15) is 5.10 Å². The zero-order valence-corrected chi connectivity index (χ0v) is 12.2. The Bertz CT molecular complexity index is 373. The van der Waals surface area contributed by atoms with Gasteiger partial charge in [-0.15, -0.1) is 0 Å². The first kappa shape index (κ1) is 14.8. The Balaban J connectivity index is 2.83. The number of nitrogens with one attached hydrogen (secondary N) is 1. The van der Waals surface area contributed by atoms with Crippen LogP contribution >= 0.6 is 0 Å². The summed E-state index contributed by atoms with van der Waals surface area (Å²) < 4.78 is 7.32. The number of hydrogen-bond acceptors (Lipinski definition) is 4. The summed E-state index contributed by atoms with van der Waals surface area (Å²) in [4.78, 5) is 0. The molecule has 0 aromatic carbocycles. The summed E-state index contributed by atoms with van der Waals surface area (Å²) in [6.07, 6.45) is 0.846. The quantitative estimate of drug-likeness (QED) is 0.781. The van der Waals surface area contributed by atoms with Crippen molar-refractivity contribution in [1.29, 1.82) is 0 Å². The summed E-state index contributed by atoms with van der Waals surface area (Å²) in [5.41, 5.74) is 7.80. The van der Waals surface area contributed by atoms with Gasteiger partial charge in [0.1, 0.15) is 5.82 Å². The third kappa shape index (κ3) is 3.38. The second kappa shape index (κ2) is 6.64. The largest absolute Gasteiger partial charge is 0.394 e. The van der Waals surface area contributed by atoms with Gasteiger partial charge in [-0.25, -0.2) is 0 Å². The fourth-order valence-corrected chi connectivity index (χ4v) is 1.85. The number of hydrogen-bond donors (Lipinski definition) is 2. The molecule has 1 rings (SSSR count). The molecule has 0 aliphatic carbocycles. The second-order valence-electron chi connectivity index (χ2n) is 4.84. The van der Waals surface area contributed by atoms with Gasteiger partial charge in [0.05, 0.1) is 24.0 Å². The number of nitrogens with zero attached hydrogens (tertiary/aromatic N) is 2. The zero-order chi connectivity index (χ0) is 13.7. The third-order valence-corrected chi connectivity index (χ3v) is 3.12. The molecule has 1 aromatic rings. The molecule has 3 N–H and O–H groups in total. The highest BCUT2D eigenvalue weighted by Gasteiger charge is 2.18. The Morgan fingerprint density at radius 1 is 1.39 bits per heavy atom. The molecule has 5 nitrogen and oxygen atoms in total. The molecule has 0 aliphatic rings. The number of rotatable bonds is 7. The maximum Gasteiger partial charge on any atom is 0.148 e. The van der Waals surface area contributed by atoms with Crippen LogP contribution in [0.15, 0.2) is 0 Å². The van der Waals surface area contributed by atoms with E-state index in [1.54, 1.807) is 0 Å². The van der Waals surface area contributed by atoms with Gasteiger partial charge in [0, 0.05) is 13.7 Å². The predicted molar refractivity (Wildman–Crippen MR) is 75.7 cm³/mol. The molecular weight excluding hydrogens is 228 g/mol. The van der Waals surface area contributed by atoms with E-state index in [4.69, 9.17) is 10.5 Å². The highest BCUT2D eigenvalue weighted by Crippen LogP contribution is 2.24. The van der Waals surface area contributed by atoms with Crippen LogP contribution in [-0.4, -0.2) is 29.0 Å². The first-order valence-electron chi connectivity index (χ1n) is 6.66. The molecule has 0 saturated heterocycles. The topological polar surface area (TPSA) is 65.1 Å². The molecule has 0 aliphatic heterocycles. The summed E-state index contributed by atoms with van der Waals surface area (Å²) >= 11 is 0. The van der Waals surface area contributed by atoms with Crippen LogP contribution in [-0.2, 0) is 18.2 Å². The Labute approximate surface area is 110 Å². The number of anilines is 2. The standard InChI is InChI=1S/C13H26N4O/c1-6-10-12(14)13(17(5)16-10)15-11(9(3)4)8-18-7-2/h9,11,15H,6-8,14H2,1-5H3. The van der Waals surface area contributed by atoms with E-state index in [1.807, 2.05) is 18.7 Å². The van der Waals surface area contributed by atoms with Crippen molar-refractivity contribution in [3.8, 4) is 0 Å². The van der Waals surface area contributed by atoms with Crippen molar-refractivity contribution >= 4 is 11.5 Å². The fraction of sp³-hybridized carbons (Fsp3) is 0.769. The number of nitrogen functional groups attached to an aromatic ring is 1. The molecule has 0 fully saturated rings. The van der Waals surface area contributed by atoms with E-state index in [0.717, 1.165) is 30.2 Å². The lowest BCUT2D eigenvalue weighted by Gasteiger charge is -2.23. The molecule has 0 spiro atoms. The van der Waals surface area contributed by atoms with Crippen LogP contribution in [0.5, 0.6) is 0 Å². The smallest absolute Gasteiger partial charge is 0.148 e. The average molecular weight is 254 g/mol. The number of aromatic nitrogens is 2. The fourth-order valence-electron chi connectivity index (χ4n) is 1.85. The van der Waals surface area contributed by atoms with Crippen molar-refractivity contribution in [1.82, 2.24) is 9.78 Å². The first-order chi connectivity index (χ1) is 8.51. The lowest BCUT2D eigenvalue weighted by Crippen LogP contribution is -2.32. The number of aryl methyl sites for hydroxylation is 2. The van der Waals surface area contributed by atoms with Gasteiger partial charge >= 0.3 is 0 Å². The summed E-state index contributed by atoms with van der Waals surface area (Å²) in [6, 6.07) is 0.243. The molecule has 1 unspecified atom stereocenters. The van der Waals surface area contributed by atoms with Crippen LogP contribution in [0.3, 0.4) is 0 Å². The lowest BCUT2D eigenvalue weighted by atomic mass is 10.1. The van der Waals surface area contributed by atoms with E-state index >= 15 is 0 Å². The maximum absolute atomic E-state index is 6.11. The van der Waals surface area contributed by atoms with Gasteiger partial charge in [-0.3, -0.25) is 4.68 Å². The van der Waals surface area contributed by atoms with Crippen molar-refractivity contribution in [3.05, 3.63) is 5.69 Å². The van der Waals surface area contributed by atoms with Gasteiger partial charge in [-0.1, -0.05) is 20.8 Å². The van der Waals surface area contributed by atoms with Crippen LogP contribution in [0, 0.1) is 5.92 Å². The molecule has 104 valence electrons. The SMILES string of the molecule is CCOCC(Nc1c(N)c(CC)nn1C)C(C)C. The van der Waals surface area contributed by atoms with Crippen molar-refractivity contribution in [2.45, 2.75) is 40.2 Å². The molecule has 5 heteroatoms. The monoisotopic (exact) mass is 254 g/mol. The first-order valence-corrected chi connectivity index (χ1v) is 6.66. The van der Waals surface area contributed by atoms with Gasteiger partial charge < -0.3 is 15.8 Å². The van der Waals surface area contributed by atoms with Crippen LogP contribution in [0.2, 0.25) is 0 Å². The molecular formula is C13H26N4O. The van der Waals surface area contributed by atoms with Crippen molar-refractivity contribution in [2.24, 2.45) is 13.0 Å². The molecule has 1 atom stereocenters. The van der Waals surface area contributed by atoms with E-state index in [9.17, 15) is 0 Å². The molecule has 0 saturated carbocycles. The van der Waals surface area contributed by atoms with Crippen molar-refractivity contribution < 1.29 is 4.74 Å². The summed E-state index contributed by atoms with van der Waals surface area (Å²) in [7, 11) is 1.91. The normalized spacial score (nSPS) is 13.0. The van der Waals surface area contributed by atoms with Crippen LogP contribution < -0.4 is 11.1 Å². The highest BCUT2D eigenvalue weighted by atomic mass is 16.5. The average Bonchev–Trinajstić information content (AvgIpc) is 2.60. The van der Waals surface area contributed by atoms with Gasteiger partial charge in [0.2, 0.25) is 0 Å². The Hall–Kier alpha value is -1.23. The predicted octanol–water partition coefficient (Wildman–Crippen LogP) is 2.04. The number of ether oxygens (including phenoxy) is 1.